The second-order valence-electron chi connectivity index (χ2n) is 4.02. The molecule has 3 heterocycles. The molecule has 1 fully saturated rings. The lowest BCUT2D eigenvalue weighted by Crippen LogP contribution is -2.28. The van der Waals surface area contributed by atoms with E-state index in [-0.39, 0.29) is 6.04 Å². The van der Waals surface area contributed by atoms with Crippen molar-refractivity contribution in [1.82, 2.24) is 14.4 Å². The minimum Gasteiger partial charge on any atom is -0.340 e. The van der Waals surface area contributed by atoms with E-state index in [1.165, 1.54) is 0 Å². The van der Waals surface area contributed by atoms with Crippen molar-refractivity contribution in [2.75, 3.05) is 18.0 Å². The van der Waals surface area contributed by atoms with Crippen LogP contribution in [0.25, 0.3) is 5.65 Å². The van der Waals surface area contributed by atoms with E-state index >= 15 is 0 Å². The van der Waals surface area contributed by atoms with Crippen LogP contribution in [0.4, 0.5) is 5.95 Å². The lowest BCUT2D eigenvalue weighted by atomic mass is 10.3. The van der Waals surface area contributed by atoms with E-state index in [0.29, 0.717) is 0 Å². The molecule has 0 spiro atoms. The number of rotatable bonds is 1. The number of hydrogen-bond donors (Lipinski definition) is 1. The maximum Gasteiger partial charge on any atom is 0.211 e. The minimum absolute atomic E-state index is 0.254. The predicted molar refractivity (Wildman–Crippen MR) is 65.5 cm³/mol. The molecule has 2 N–H and O–H groups in total. The van der Waals surface area contributed by atoms with Crippen molar-refractivity contribution in [3.8, 4) is 0 Å². The zero-order valence-corrected chi connectivity index (χ0v) is 10.3. The molecule has 0 aliphatic carbocycles. The molecule has 1 aliphatic heterocycles. The summed E-state index contributed by atoms with van der Waals surface area (Å²) in [4.78, 5) is 10.9. The zero-order chi connectivity index (χ0) is 11.1. The Kier molecular flexibility index (Phi) is 2.33. The Bertz CT molecular complexity index is 523. The molecule has 0 radical (unpaired) electrons. The number of hydrogen-bond acceptors (Lipinski definition) is 4. The Morgan fingerprint density at radius 1 is 1.44 bits per heavy atom. The molecule has 3 rings (SSSR count). The molecule has 5 nitrogen and oxygen atoms in total. The fourth-order valence-electron chi connectivity index (χ4n) is 2.08. The van der Waals surface area contributed by atoms with Crippen LogP contribution in [0.5, 0.6) is 0 Å². The summed E-state index contributed by atoms with van der Waals surface area (Å²) >= 11 is 3.44. The molecule has 1 atom stereocenters. The Labute approximate surface area is 101 Å². The van der Waals surface area contributed by atoms with Crippen molar-refractivity contribution in [3.63, 3.8) is 0 Å². The van der Waals surface area contributed by atoms with Gasteiger partial charge in [0.05, 0.1) is 4.47 Å². The minimum atomic E-state index is 0.254. The van der Waals surface area contributed by atoms with E-state index in [4.69, 9.17) is 5.73 Å². The maximum absolute atomic E-state index is 5.91. The Morgan fingerprint density at radius 2 is 2.31 bits per heavy atom. The quantitative estimate of drug-likeness (QED) is 0.848. The average molecular weight is 282 g/mol. The number of fused-ring (bicyclic) bond motifs is 1. The van der Waals surface area contributed by atoms with Crippen LogP contribution in [-0.4, -0.2) is 33.5 Å². The standard InChI is InChI=1S/C10H12BrN5/c11-8-5-14-10(15-3-1-7(12)6-15)16-4-2-13-9(8)16/h2,4-5,7H,1,3,6,12H2. The highest BCUT2D eigenvalue weighted by molar-refractivity contribution is 9.10. The van der Waals surface area contributed by atoms with Crippen molar-refractivity contribution in [1.29, 1.82) is 0 Å². The van der Waals surface area contributed by atoms with Gasteiger partial charge in [-0.1, -0.05) is 0 Å². The summed E-state index contributed by atoms with van der Waals surface area (Å²) < 4.78 is 2.90. The van der Waals surface area contributed by atoms with Crippen LogP contribution in [-0.2, 0) is 0 Å². The number of aromatic nitrogens is 3. The first-order chi connectivity index (χ1) is 7.75. The molecule has 1 unspecified atom stereocenters. The van der Waals surface area contributed by atoms with E-state index < -0.39 is 0 Å². The van der Waals surface area contributed by atoms with Gasteiger partial charge >= 0.3 is 0 Å². The molecule has 2 aromatic heterocycles. The van der Waals surface area contributed by atoms with E-state index in [9.17, 15) is 0 Å². The molecule has 0 bridgehead atoms. The van der Waals surface area contributed by atoms with Crippen molar-refractivity contribution >= 4 is 27.5 Å². The fraction of sp³-hybridized carbons (Fsp3) is 0.400. The molecule has 2 aromatic rings. The first-order valence-electron chi connectivity index (χ1n) is 5.24. The lowest BCUT2D eigenvalue weighted by molar-refractivity contribution is 0.749. The van der Waals surface area contributed by atoms with Gasteiger partial charge in [-0.2, -0.15) is 0 Å². The monoisotopic (exact) mass is 281 g/mol. The van der Waals surface area contributed by atoms with Crippen LogP contribution >= 0.6 is 15.9 Å². The Hall–Kier alpha value is -1.14. The molecule has 0 saturated carbocycles. The van der Waals surface area contributed by atoms with Gasteiger partial charge in [-0.15, -0.1) is 0 Å². The Morgan fingerprint density at radius 3 is 3.06 bits per heavy atom. The summed E-state index contributed by atoms with van der Waals surface area (Å²) in [6, 6.07) is 0.254. The number of nitrogens with zero attached hydrogens (tertiary/aromatic N) is 4. The van der Waals surface area contributed by atoms with Gasteiger partial charge in [0.15, 0.2) is 5.65 Å². The maximum atomic E-state index is 5.91. The molecule has 16 heavy (non-hydrogen) atoms. The SMILES string of the molecule is NC1CCN(c2ncc(Br)c3nccn23)C1. The first kappa shape index (κ1) is 10.0. The highest BCUT2D eigenvalue weighted by Gasteiger charge is 2.22. The first-order valence-corrected chi connectivity index (χ1v) is 6.03. The number of imidazole rings is 1. The summed E-state index contributed by atoms with van der Waals surface area (Å²) in [5.74, 6) is 0.920. The van der Waals surface area contributed by atoms with Crippen LogP contribution in [0.1, 0.15) is 6.42 Å². The van der Waals surface area contributed by atoms with Gasteiger partial charge in [-0.3, -0.25) is 4.40 Å². The summed E-state index contributed by atoms with van der Waals surface area (Å²) in [5, 5.41) is 0. The molecule has 0 amide bonds. The van der Waals surface area contributed by atoms with Gasteiger partial charge in [0.2, 0.25) is 5.95 Å². The summed E-state index contributed by atoms with van der Waals surface area (Å²) in [7, 11) is 0. The average Bonchev–Trinajstić information content (AvgIpc) is 2.87. The molecule has 6 heteroatoms. The van der Waals surface area contributed by atoms with Crippen LogP contribution in [0.2, 0.25) is 0 Å². The smallest absolute Gasteiger partial charge is 0.211 e. The summed E-state index contributed by atoms with van der Waals surface area (Å²) in [6.07, 6.45) is 6.52. The molecule has 1 saturated heterocycles. The van der Waals surface area contributed by atoms with Gasteiger partial charge in [0.25, 0.3) is 0 Å². The van der Waals surface area contributed by atoms with Gasteiger partial charge in [0, 0.05) is 37.7 Å². The molecular formula is C10H12BrN5. The number of nitrogens with two attached hydrogens (primary N) is 1. The van der Waals surface area contributed by atoms with Crippen LogP contribution in [0.3, 0.4) is 0 Å². The third-order valence-corrected chi connectivity index (χ3v) is 3.43. The second kappa shape index (κ2) is 3.71. The van der Waals surface area contributed by atoms with Crippen molar-refractivity contribution in [3.05, 3.63) is 23.1 Å². The molecule has 0 aromatic carbocycles. The van der Waals surface area contributed by atoms with Gasteiger partial charge in [0.1, 0.15) is 0 Å². The molecular weight excluding hydrogens is 270 g/mol. The zero-order valence-electron chi connectivity index (χ0n) is 8.67. The van der Waals surface area contributed by atoms with Crippen molar-refractivity contribution in [2.24, 2.45) is 5.73 Å². The Balaban J connectivity index is 2.10. The van der Waals surface area contributed by atoms with Crippen LogP contribution in [0, 0.1) is 0 Å². The van der Waals surface area contributed by atoms with Crippen LogP contribution < -0.4 is 10.6 Å². The predicted octanol–water partition coefficient (Wildman–Crippen LogP) is 1.03. The fourth-order valence-corrected chi connectivity index (χ4v) is 2.47. The van der Waals surface area contributed by atoms with Gasteiger partial charge in [-0.05, 0) is 22.4 Å². The van der Waals surface area contributed by atoms with E-state index in [1.54, 1.807) is 12.4 Å². The highest BCUT2D eigenvalue weighted by atomic mass is 79.9. The normalized spacial score (nSPS) is 20.9. The van der Waals surface area contributed by atoms with Crippen LogP contribution in [0.15, 0.2) is 23.1 Å². The third kappa shape index (κ3) is 1.49. The topological polar surface area (TPSA) is 59.5 Å². The largest absolute Gasteiger partial charge is 0.340 e. The third-order valence-electron chi connectivity index (χ3n) is 2.87. The van der Waals surface area contributed by atoms with Crippen molar-refractivity contribution in [2.45, 2.75) is 12.5 Å². The van der Waals surface area contributed by atoms with Gasteiger partial charge in [-0.25, -0.2) is 9.97 Å². The highest BCUT2D eigenvalue weighted by Crippen LogP contribution is 2.22. The van der Waals surface area contributed by atoms with E-state index in [0.717, 1.165) is 35.6 Å². The van der Waals surface area contributed by atoms with Gasteiger partial charge < -0.3 is 10.6 Å². The van der Waals surface area contributed by atoms with Crippen molar-refractivity contribution < 1.29 is 0 Å². The van der Waals surface area contributed by atoms with E-state index in [2.05, 4.69) is 30.8 Å². The lowest BCUT2D eigenvalue weighted by Gasteiger charge is -2.18. The second-order valence-corrected chi connectivity index (χ2v) is 4.88. The number of halogens is 1. The molecule has 1 aliphatic rings. The number of anilines is 1. The summed E-state index contributed by atoms with van der Waals surface area (Å²) in [6.45, 7) is 1.82. The molecule has 84 valence electrons. The summed E-state index contributed by atoms with van der Waals surface area (Å²) in [5.41, 5.74) is 6.80. The van der Waals surface area contributed by atoms with E-state index in [1.807, 2.05) is 10.6 Å².